The topological polar surface area (TPSA) is 103 Å². The number of carbonyl (C=O) groups is 3. The zero-order valence-corrected chi connectivity index (χ0v) is 18.4. The van der Waals surface area contributed by atoms with Gasteiger partial charge >= 0.3 is 0 Å². The van der Waals surface area contributed by atoms with Crippen molar-refractivity contribution in [2.75, 3.05) is 19.6 Å². The third-order valence-electron chi connectivity index (χ3n) is 4.99. The summed E-state index contributed by atoms with van der Waals surface area (Å²) >= 11 is 0. The minimum Gasteiger partial charge on any atom is -0.335 e. The van der Waals surface area contributed by atoms with Crippen LogP contribution >= 0.6 is 12.4 Å². The molecule has 2 N–H and O–H groups in total. The lowest BCUT2D eigenvalue weighted by Crippen LogP contribution is -2.51. The average Bonchev–Trinajstić information content (AvgIpc) is 2.81. The second kappa shape index (κ2) is 11.8. The van der Waals surface area contributed by atoms with E-state index >= 15 is 0 Å². The lowest BCUT2D eigenvalue weighted by Gasteiger charge is -2.41. The number of piperazine rings is 1. The number of hydroxylamine groups is 1. The van der Waals surface area contributed by atoms with Crippen LogP contribution in [0.15, 0.2) is 60.7 Å². The monoisotopic (exact) mass is 456 g/mol. The second-order valence-corrected chi connectivity index (χ2v) is 7.05. The maximum Gasteiger partial charge on any atom is 0.267 e. The van der Waals surface area contributed by atoms with E-state index in [1.807, 2.05) is 30.3 Å². The molecule has 1 aromatic heterocycles. The Morgan fingerprint density at radius 2 is 1.66 bits per heavy atom. The first kappa shape index (κ1) is 24.8. The van der Waals surface area contributed by atoms with Gasteiger partial charge in [-0.15, -0.1) is 12.4 Å². The molecule has 1 aliphatic rings. The Balaban J connectivity index is 0.00000363. The molecular formula is C23H25ClN4O4. The quantitative estimate of drug-likeness (QED) is 0.408. The smallest absolute Gasteiger partial charge is 0.267 e. The van der Waals surface area contributed by atoms with Gasteiger partial charge in [-0.05, 0) is 29.8 Å². The molecule has 168 valence electrons. The first-order valence-electron chi connectivity index (χ1n) is 9.86. The Hall–Kier alpha value is -3.49. The molecule has 2 aromatic rings. The van der Waals surface area contributed by atoms with Crippen LogP contribution in [0.3, 0.4) is 0 Å². The summed E-state index contributed by atoms with van der Waals surface area (Å²) < 4.78 is 0. The number of hydrogen-bond acceptors (Lipinski definition) is 5. The minimum absolute atomic E-state index is 0. The van der Waals surface area contributed by atoms with E-state index in [2.05, 4.69) is 4.98 Å². The number of amides is 3. The van der Waals surface area contributed by atoms with Crippen molar-refractivity contribution in [3.63, 3.8) is 0 Å². The van der Waals surface area contributed by atoms with Gasteiger partial charge in [0, 0.05) is 38.7 Å². The third-order valence-corrected chi connectivity index (χ3v) is 4.99. The number of rotatable bonds is 5. The van der Waals surface area contributed by atoms with Crippen molar-refractivity contribution in [3.8, 4) is 0 Å². The normalized spacial score (nSPS) is 16.1. The molecule has 0 radical (unpaired) electrons. The summed E-state index contributed by atoms with van der Waals surface area (Å²) in [7, 11) is 0. The minimum atomic E-state index is -0.657. The Kier molecular flexibility index (Phi) is 9.12. The molecule has 1 aliphatic heterocycles. The third kappa shape index (κ3) is 6.50. The Labute approximate surface area is 192 Å². The standard InChI is InChI=1S/C23H24N4O4.ClH/c1-17(28)27-15-14-26(16-21(27)18-6-3-2-4-7-18)23(30)13-11-20-9-5-8-19(24-20)10-12-22(29)25-31;/h2-13,21,31H,14-16H2,1H3,(H,25,29);1H. The number of benzene rings is 1. The molecule has 32 heavy (non-hydrogen) atoms. The van der Waals surface area contributed by atoms with Crippen molar-refractivity contribution in [1.29, 1.82) is 0 Å². The largest absolute Gasteiger partial charge is 0.335 e. The number of carbonyl (C=O) groups excluding carboxylic acids is 3. The number of nitrogens with one attached hydrogen (secondary N) is 1. The molecule has 0 bridgehead atoms. The Bertz CT molecular complexity index is 1010. The van der Waals surface area contributed by atoms with E-state index in [0.717, 1.165) is 11.6 Å². The van der Waals surface area contributed by atoms with Gasteiger partial charge in [-0.3, -0.25) is 19.6 Å². The van der Waals surface area contributed by atoms with Crippen molar-refractivity contribution in [3.05, 3.63) is 77.6 Å². The van der Waals surface area contributed by atoms with Crippen LogP contribution in [0, 0.1) is 0 Å². The molecule has 0 aliphatic carbocycles. The van der Waals surface area contributed by atoms with E-state index in [-0.39, 0.29) is 30.3 Å². The average molecular weight is 457 g/mol. The van der Waals surface area contributed by atoms with E-state index in [1.165, 1.54) is 17.6 Å². The first-order chi connectivity index (χ1) is 15.0. The molecule has 1 fully saturated rings. The fourth-order valence-electron chi connectivity index (χ4n) is 3.44. The summed E-state index contributed by atoms with van der Waals surface area (Å²) in [5, 5.41) is 8.53. The fourth-order valence-corrected chi connectivity index (χ4v) is 3.44. The maximum absolute atomic E-state index is 12.8. The summed E-state index contributed by atoms with van der Waals surface area (Å²) in [6.07, 6.45) is 5.68. The first-order valence-corrected chi connectivity index (χ1v) is 9.86. The highest BCUT2D eigenvalue weighted by atomic mass is 35.5. The van der Waals surface area contributed by atoms with E-state index in [4.69, 9.17) is 5.21 Å². The van der Waals surface area contributed by atoms with Crippen molar-refractivity contribution < 1.29 is 19.6 Å². The SMILES string of the molecule is CC(=O)N1CCN(C(=O)C=Cc2cccc(C=CC(=O)NO)n2)CC1c1ccccc1.Cl. The molecule has 0 saturated carbocycles. The maximum atomic E-state index is 12.8. The predicted octanol–water partition coefficient (Wildman–Crippen LogP) is 2.47. The van der Waals surface area contributed by atoms with E-state index < -0.39 is 5.91 Å². The Morgan fingerprint density at radius 1 is 1.00 bits per heavy atom. The molecule has 1 unspecified atom stereocenters. The number of halogens is 1. The summed E-state index contributed by atoms with van der Waals surface area (Å²) in [4.78, 5) is 43.8. The van der Waals surface area contributed by atoms with E-state index in [1.54, 1.807) is 41.0 Å². The van der Waals surface area contributed by atoms with Crippen LogP contribution in [0.4, 0.5) is 0 Å². The Morgan fingerprint density at radius 3 is 2.28 bits per heavy atom. The van der Waals surface area contributed by atoms with Crippen molar-refractivity contribution in [1.82, 2.24) is 20.3 Å². The number of aromatic nitrogens is 1. The van der Waals surface area contributed by atoms with Crippen molar-refractivity contribution in [2.24, 2.45) is 0 Å². The van der Waals surface area contributed by atoms with Crippen LogP contribution in [0.5, 0.6) is 0 Å². The van der Waals surface area contributed by atoms with Crippen LogP contribution in [0.2, 0.25) is 0 Å². The van der Waals surface area contributed by atoms with Gasteiger partial charge in [0.2, 0.25) is 11.8 Å². The summed E-state index contributed by atoms with van der Waals surface area (Å²) in [6, 6.07) is 14.7. The molecule has 1 saturated heterocycles. The molecule has 1 atom stereocenters. The highest BCUT2D eigenvalue weighted by Crippen LogP contribution is 2.25. The van der Waals surface area contributed by atoms with Crippen molar-refractivity contribution >= 4 is 42.3 Å². The summed E-state index contributed by atoms with van der Waals surface area (Å²) in [6.45, 7) is 2.89. The van der Waals surface area contributed by atoms with E-state index in [9.17, 15) is 14.4 Å². The number of nitrogens with zero attached hydrogens (tertiary/aromatic N) is 3. The summed E-state index contributed by atoms with van der Waals surface area (Å²) in [5.74, 6) is -0.831. The molecule has 9 heteroatoms. The van der Waals surface area contributed by atoms with Crippen molar-refractivity contribution in [2.45, 2.75) is 13.0 Å². The zero-order valence-electron chi connectivity index (χ0n) is 17.5. The van der Waals surface area contributed by atoms with Gasteiger partial charge in [0.05, 0.1) is 17.4 Å². The lowest BCUT2D eigenvalue weighted by molar-refractivity contribution is -0.139. The number of hydrogen-bond donors (Lipinski definition) is 2. The van der Waals surface area contributed by atoms with Gasteiger partial charge in [-0.25, -0.2) is 10.5 Å². The predicted molar refractivity (Wildman–Crippen MR) is 123 cm³/mol. The van der Waals surface area contributed by atoms with Crippen LogP contribution in [0.1, 0.15) is 29.9 Å². The molecular weight excluding hydrogens is 432 g/mol. The second-order valence-electron chi connectivity index (χ2n) is 7.05. The van der Waals surface area contributed by atoms with E-state index in [0.29, 0.717) is 31.0 Å². The molecule has 1 aromatic carbocycles. The van der Waals surface area contributed by atoms with Crippen LogP contribution < -0.4 is 5.48 Å². The highest BCUT2D eigenvalue weighted by Gasteiger charge is 2.31. The molecule has 3 rings (SSSR count). The van der Waals surface area contributed by atoms with Crippen LogP contribution in [0.25, 0.3) is 12.2 Å². The zero-order chi connectivity index (χ0) is 22.2. The summed E-state index contributed by atoms with van der Waals surface area (Å²) in [5.41, 5.74) is 3.57. The molecule has 2 heterocycles. The molecule has 3 amide bonds. The molecule has 0 spiro atoms. The van der Waals surface area contributed by atoms with Gasteiger partial charge in [0.1, 0.15) is 0 Å². The molecule has 8 nitrogen and oxygen atoms in total. The van der Waals surface area contributed by atoms with Crippen LogP contribution in [-0.2, 0) is 14.4 Å². The highest BCUT2D eigenvalue weighted by molar-refractivity contribution is 5.92. The van der Waals surface area contributed by atoms with Gasteiger partial charge in [0.25, 0.3) is 5.91 Å². The van der Waals surface area contributed by atoms with Gasteiger partial charge in [-0.2, -0.15) is 0 Å². The number of pyridine rings is 1. The van der Waals surface area contributed by atoms with Crippen LogP contribution in [-0.4, -0.2) is 57.3 Å². The fraction of sp³-hybridized carbons (Fsp3) is 0.217. The van der Waals surface area contributed by atoms with Gasteiger partial charge in [0.15, 0.2) is 0 Å². The van der Waals surface area contributed by atoms with Gasteiger partial charge < -0.3 is 9.80 Å². The lowest BCUT2D eigenvalue weighted by atomic mass is 10.0. The van der Waals surface area contributed by atoms with Gasteiger partial charge in [-0.1, -0.05) is 36.4 Å².